The first-order valence-corrected chi connectivity index (χ1v) is 8.24. The Balaban J connectivity index is 1.80. The van der Waals surface area contributed by atoms with Crippen molar-refractivity contribution < 1.29 is 0 Å². The van der Waals surface area contributed by atoms with Crippen molar-refractivity contribution in [3.63, 3.8) is 0 Å². The van der Waals surface area contributed by atoms with Crippen molar-refractivity contribution >= 4 is 28.8 Å². The zero-order valence-electron chi connectivity index (χ0n) is 15.0. The van der Waals surface area contributed by atoms with Crippen molar-refractivity contribution in [3.05, 3.63) is 65.9 Å². The van der Waals surface area contributed by atoms with Crippen LogP contribution in [0.5, 0.6) is 0 Å². The van der Waals surface area contributed by atoms with Crippen LogP contribution in [0.4, 0.5) is 28.8 Å². The molecule has 5 heteroatoms. The van der Waals surface area contributed by atoms with E-state index < -0.39 is 0 Å². The van der Waals surface area contributed by atoms with E-state index in [0.29, 0.717) is 5.95 Å². The maximum absolute atomic E-state index is 4.58. The third-order valence-corrected chi connectivity index (χ3v) is 3.90. The number of anilines is 5. The van der Waals surface area contributed by atoms with E-state index in [-0.39, 0.29) is 0 Å². The Morgan fingerprint density at radius 1 is 0.840 bits per heavy atom. The van der Waals surface area contributed by atoms with Gasteiger partial charge in [-0.1, -0.05) is 18.2 Å². The van der Waals surface area contributed by atoms with E-state index in [9.17, 15) is 0 Å². The summed E-state index contributed by atoms with van der Waals surface area (Å²) >= 11 is 0. The maximum Gasteiger partial charge on any atom is 0.229 e. The smallest absolute Gasteiger partial charge is 0.229 e. The lowest BCUT2D eigenvalue weighted by atomic mass is 10.2. The quantitative estimate of drug-likeness (QED) is 0.712. The lowest BCUT2D eigenvalue weighted by Gasteiger charge is -2.14. The largest absolute Gasteiger partial charge is 0.378 e. The van der Waals surface area contributed by atoms with E-state index in [2.05, 4.69) is 50.6 Å². The first-order valence-electron chi connectivity index (χ1n) is 8.24. The number of nitrogens with one attached hydrogen (secondary N) is 2. The Kier molecular flexibility index (Phi) is 4.84. The third-order valence-electron chi connectivity index (χ3n) is 3.90. The van der Waals surface area contributed by atoms with E-state index in [4.69, 9.17) is 0 Å². The van der Waals surface area contributed by atoms with Gasteiger partial charge in [-0.2, -0.15) is 4.98 Å². The molecule has 0 saturated carbocycles. The molecular formula is C20H23N5. The highest BCUT2D eigenvalue weighted by Gasteiger charge is 2.05. The van der Waals surface area contributed by atoms with Crippen molar-refractivity contribution in [1.82, 2.24) is 9.97 Å². The fourth-order valence-electron chi connectivity index (χ4n) is 2.51. The van der Waals surface area contributed by atoms with Crippen molar-refractivity contribution in [2.45, 2.75) is 13.8 Å². The summed E-state index contributed by atoms with van der Waals surface area (Å²) in [5, 5.41) is 6.64. The van der Waals surface area contributed by atoms with Crippen molar-refractivity contribution in [1.29, 1.82) is 0 Å². The molecule has 128 valence electrons. The molecular weight excluding hydrogens is 310 g/mol. The molecule has 0 atom stereocenters. The minimum Gasteiger partial charge on any atom is -0.378 e. The Morgan fingerprint density at radius 3 is 2.24 bits per heavy atom. The van der Waals surface area contributed by atoms with Gasteiger partial charge >= 0.3 is 0 Å². The van der Waals surface area contributed by atoms with Crippen LogP contribution in [-0.4, -0.2) is 24.1 Å². The standard InChI is InChI=1S/C20H23N5/c1-14-7-5-6-8-18(14)23-19-13-15(2)21-20(24-19)22-16-9-11-17(12-10-16)25(3)4/h5-13H,1-4H3,(H2,21,22,23,24). The molecule has 0 aliphatic heterocycles. The van der Waals surface area contributed by atoms with Crippen LogP contribution >= 0.6 is 0 Å². The zero-order chi connectivity index (χ0) is 17.8. The van der Waals surface area contributed by atoms with Crippen LogP contribution in [-0.2, 0) is 0 Å². The molecule has 25 heavy (non-hydrogen) atoms. The van der Waals surface area contributed by atoms with Gasteiger partial charge in [0.15, 0.2) is 0 Å². The number of aryl methyl sites for hydroxylation is 2. The average Bonchev–Trinajstić information content (AvgIpc) is 2.57. The third kappa shape index (κ3) is 4.26. The highest BCUT2D eigenvalue weighted by atomic mass is 15.1. The molecule has 5 nitrogen and oxygen atoms in total. The van der Waals surface area contributed by atoms with Crippen molar-refractivity contribution in [2.24, 2.45) is 0 Å². The van der Waals surface area contributed by atoms with Crippen LogP contribution in [0.25, 0.3) is 0 Å². The second-order valence-electron chi connectivity index (χ2n) is 6.22. The maximum atomic E-state index is 4.58. The van der Waals surface area contributed by atoms with Gasteiger partial charge in [0.2, 0.25) is 5.95 Å². The molecule has 0 radical (unpaired) electrons. The summed E-state index contributed by atoms with van der Waals surface area (Å²) in [5.41, 5.74) is 5.23. The first kappa shape index (κ1) is 16.8. The Morgan fingerprint density at radius 2 is 1.56 bits per heavy atom. The molecule has 2 N–H and O–H groups in total. The summed E-state index contributed by atoms with van der Waals surface area (Å²) in [4.78, 5) is 11.1. The van der Waals surface area contributed by atoms with Crippen LogP contribution in [0, 0.1) is 13.8 Å². The number of para-hydroxylation sites is 1. The molecule has 1 aromatic heterocycles. The summed E-state index contributed by atoms with van der Waals surface area (Å²) < 4.78 is 0. The van der Waals surface area contributed by atoms with Gasteiger partial charge in [-0.15, -0.1) is 0 Å². The van der Waals surface area contributed by atoms with Crippen molar-refractivity contribution in [2.75, 3.05) is 29.6 Å². The molecule has 0 fully saturated rings. The Hall–Kier alpha value is -3.08. The van der Waals surface area contributed by atoms with Crippen LogP contribution < -0.4 is 15.5 Å². The van der Waals surface area contributed by atoms with Gasteiger partial charge in [-0.05, 0) is 49.7 Å². The molecule has 0 aliphatic carbocycles. The second-order valence-corrected chi connectivity index (χ2v) is 6.22. The number of benzene rings is 2. The topological polar surface area (TPSA) is 53.1 Å². The summed E-state index contributed by atoms with van der Waals surface area (Å²) in [6.45, 7) is 4.03. The number of aromatic nitrogens is 2. The zero-order valence-corrected chi connectivity index (χ0v) is 15.0. The Labute approximate surface area is 148 Å². The first-order chi connectivity index (χ1) is 12.0. The normalized spacial score (nSPS) is 10.4. The average molecular weight is 333 g/mol. The summed E-state index contributed by atoms with van der Waals surface area (Å²) in [5.74, 6) is 1.35. The van der Waals surface area contributed by atoms with Crippen molar-refractivity contribution in [3.8, 4) is 0 Å². The lowest BCUT2D eigenvalue weighted by molar-refractivity contribution is 1.10. The summed E-state index contributed by atoms with van der Waals surface area (Å²) in [6.07, 6.45) is 0. The summed E-state index contributed by atoms with van der Waals surface area (Å²) in [6, 6.07) is 18.2. The van der Waals surface area contributed by atoms with Gasteiger partial charge in [-0.3, -0.25) is 0 Å². The van der Waals surface area contributed by atoms with Crippen LogP contribution in [0.2, 0.25) is 0 Å². The number of rotatable bonds is 5. The molecule has 3 aromatic rings. The second kappa shape index (κ2) is 7.21. The number of nitrogens with zero attached hydrogens (tertiary/aromatic N) is 3. The number of hydrogen-bond acceptors (Lipinski definition) is 5. The van der Waals surface area contributed by atoms with Gasteiger partial charge in [-0.25, -0.2) is 4.98 Å². The fraction of sp³-hybridized carbons (Fsp3) is 0.200. The van der Waals surface area contributed by atoms with Crippen LogP contribution in [0.15, 0.2) is 54.6 Å². The fourth-order valence-corrected chi connectivity index (χ4v) is 2.51. The highest BCUT2D eigenvalue weighted by Crippen LogP contribution is 2.22. The molecule has 0 bridgehead atoms. The Bertz CT molecular complexity index is 856. The highest BCUT2D eigenvalue weighted by molar-refractivity contribution is 5.63. The van der Waals surface area contributed by atoms with Gasteiger partial charge < -0.3 is 15.5 Å². The molecule has 0 unspecified atom stereocenters. The van der Waals surface area contributed by atoms with Crippen LogP contribution in [0.3, 0.4) is 0 Å². The molecule has 3 rings (SSSR count). The minimum atomic E-state index is 0.577. The SMILES string of the molecule is Cc1cc(Nc2ccccc2C)nc(Nc2ccc(N(C)C)cc2)n1. The minimum absolute atomic E-state index is 0.577. The van der Waals surface area contributed by atoms with E-state index in [0.717, 1.165) is 28.6 Å². The molecule has 1 heterocycles. The predicted molar refractivity (Wildman–Crippen MR) is 105 cm³/mol. The molecule has 0 aliphatic rings. The van der Waals surface area contributed by atoms with E-state index in [1.54, 1.807) is 0 Å². The lowest BCUT2D eigenvalue weighted by Crippen LogP contribution is -2.08. The number of hydrogen-bond donors (Lipinski definition) is 2. The van der Waals surface area contributed by atoms with E-state index in [1.165, 1.54) is 5.56 Å². The van der Waals surface area contributed by atoms with E-state index in [1.807, 2.05) is 57.4 Å². The molecule has 0 amide bonds. The van der Waals surface area contributed by atoms with E-state index >= 15 is 0 Å². The predicted octanol–water partition coefficient (Wildman–Crippen LogP) is 4.65. The van der Waals surface area contributed by atoms with Crippen LogP contribution in [0.1, 0.15) is 11.3 Å². The summed E-state index contributed by atoms with van der Waals surface area (Å²) in [7, 11) is 4.05. The molecule has 2 aromatic carbocycles. The van der Waals surface area contributed by atoms with Gasteiger partial charge in [0.25, 0.3) is 0 Å². The van der Waals surface area contributed by atoms with Gasteiger partial charge in [0.05, 0.1) is 0 Å². The van der Waals surface area contributed by atoms with Gasteiger partial charge in [0.1, 0.15) is 5.82 Å². The molecule has 0 spiro atoms. The van der Waals surface area contributed by atoms with Gasteiger partial charge in [0, 0.05) is 42.9 Å². The molecule has 0 saturated heterocycles. The monoisotopic (exact) mass is 333 g/mol.